The van der Waals surface area contributed by atoms with Gasteiger partial charge >= 0.3 is 0 Å². The molecule has 0 aliphatic carbocycles. The van der Waals surface area contributed by atoms with Crippen LogP contribution in [0.4, 0.5) is 0 Å². The molecule has 0 saturated heterocycles. The molecule has 0 radical (unpaired) electrons. The van der Waals surface area contributed by atoms with Crippen LogP contribution in [0.1, 0.15) is 0 Å². The molecule has 0 N–H and O–H groups in total. The molecular formula is C14H10S6. The van der Waals surface area contributed by atoms with Crippen LogP contribution in [0.15, 0.2) is 53.6 Å². The smallest absolute Gasteiger partial charge is 0.0326 e. The summed E-state index contributed by atoms with van der Waals surface area (Å²) >= 11 is 27.5. The summed E-state index contributed by atoms with van der Waals surface area (Å²) in [5.74, 6) is 0. The fraction of sp³-hybridized carbons (Fsp3) is 0. The number of benzene rings is 3. The Morgan fingerprint density at radius 1 is 0.450 bits per heavy atom. The molecule has 0 fully saturated rings. The van der Waals surface area contributed by atoms with Gasteiger partial charge in [-0.05, 0) is 10.8 Å². The Bertz CT molecular complexity index is 797. The number of fused-ring (bicyclic) bond motifs is 2. The fourth-order valence-electron chi connectivity index (χ4n) is 2.32. The van der Waals surface area contributed by atoms with Crippen LogP contribution in [-0.2, 0) is 0 Å². The highest BCUT2D eigenvalue weighted by Crippen LogP contribution is 2.47. The first-order valence-electron chi connectivity index (χ1n) is 5.67. The molecule has 0 aliphatic heterocycles. The zero-order chi connectivity index (χ0) is 14.6. The second-order valence-electron chi connectivity index (χ2n) is 4.39. The maximum Gasteiger partial charge on any atom is 0.0326 e. The van der Waals surface area contributed by atoms with Crippen molar-refractivity contribution >= 4 is 97.3 Å². The van der Waals surface area contributed by atoms with E-state index in [9.17, 15) is 0 Å². The van der Waals surface area contributed by atoms with Crippen LogP contribution in [-0.4, -0.2) is 0 Å². The van der Waals surface area contributed by atoms with Crippen LogP contribution < -0.4 is 0 Å². The average molecular weight is 371 g/mol. The summed E-state index contributed by atoms with van der Waals surface area (Å²) in [7, 11) is 0. The monoisotopic (exact) mass is 370 g/mol. The van der Waals surface area contributed by atoms with Crippen molar-refractivity contribution in [3.63, 3.8) is 0 Å². The lowest BCUT2D eigenvalue weighted by atomic mass is 10.0. The van der Waals surface area contributed by atoms with Gasteiger partial charge in [0.15, 0.2) is 0 Å². The lowest BCUT2D eigenvalue weighted by Crippen LogP contribution is -1.90. The van der Waals surface area contributed by atoms with Gasteiger partial charge in [0.1, 0.15) is 0 Å². The van der Waals surface area contributed by atoms with E-state index in [-0.39, 0.29) is 0 Å². The van der Waals surface area contributed by atoms with Crippen molar-refractivity contribution < 1.29 is 0 Å². The van der Waals surface area contributed by atoms with Crippen molar-refractivity contribution in [2.45, 2.75) is 29.4 Å². The Kier molecular flexibility index (Phi) is 4.16. The standard InChI is InChI=1S/C14H10S6/c15-9-5-3-1-2-4-6(5)10(16)8-7(9)11(17)13(19)14(20)12(8)18/h1-4,15-20H. The zero-order valence-corrected chi connectivity index (χ0v) is 15.4. The normalized spacial score (nSPS) is 11.5. The number of hydrogen-bond donors (Lipinski definition) is 6. The van der Waals surface area contributed by atoms with E-state index in [1.54, 1.807) is 0 Å². The van der Waals surface area contributed by atoms with Gasteiger partial charge < -0.3 is 0 Å². The maximum atomic E-state index is 4.69. The number of rotatable bonds is 0. The summed E-state index contributed by atoms with van der Waals surface area (Å²) in [6.07, 6.45) is 0. The average Bonchev–Trinajstić information content (AvgIpc) is 2.46. The Morgan fingerprint density at radius 2 is 0.800 bits per heavy atom. The van der Waals surface area contributed by atoms with Gasteiger partial charge in [-0.25, -0.2) is 0 Å². The number of thiol groups is 6. The summed E-state index contributed by atoms with van der Waals surface area (Å²) in [6, 6.07) is 8.01. The zero-order valence-electron chi connectivity index (χ0n) is 9.99. The molecule has 0 heterocycles. The van der Waals surface area contributed by atoms with Crippen LogP contribution in [0.2, 0.25) is 0 Å². The molecule has 0 spiro atoms. The lowest BCUT2D eigenvalue weighted by Gasteiger charge is -2.17. The third-order valence-corrected chi connectivity index (χ3v) is 6.55. The van der Waals surface area contributed by atoms with Crippen molar-refractivity contribution in [1.29, 1.82) is 0 Å². The summed E-state index contributed by atoms with van der Waals surface area (Å²) in [6.45, 7) is 0. The third kappa shape index (κ3) is 2.08. The molecule has 3 aromatic rings. The first-order valence-corrected chi connectivity index (χ1v) is 8.35. The van der Waals surface area contributed by atoms with Crippen LogP contribution in [0, 0.1) is 0 Å². The molecule has 102 valence electrons. The molecule has 0 unspecified atom stereocenters. The van der Waals surface area contributed by atoms with Crippen molar-refractivity contribution in [3.05, 3.63) is 24.3 Å². The molecular weight excluding hydrogens is 361 g/mol. The van der Waals surface area contributed by atoms with Crippen LogP contribution in [0.5, 0.6) is 0 Å². The summed E-state index contributed by atoms with van der Waals surface area (Å²) in [5.41, 5.74) is 0. The fourth-order valence-corrected chi connectivity index (χ4v) is 4.63. The molecule has 6 heteroatoms. The highest BCUT2D eigenvalue weighted by Gasteiger charge is 2.18. The molecule has 0 amide bonds. The second kappa shape index (κ2) is 5.48. The van der Waals surface area contributed by atoms with E-state index in [2.05, 4.69) is 75.8 Å². The summed E-state index contributed by atoms with van der Waals surface area (Å²) in [5, 5.41) is 3.90. The van der Waals surface area contributed by atoms with Gasteiger partial charge in [-0.1, -0.05) is 24.3 Å². The molecule has 3 aromatic carbocycles. The molecule has 0 bridgehead atoms. The predicted octanol–water partition coefficient (Wildman–Crippen LogP) is 5.73. The molecule has 20 heavy (non-hydrogen) atoms. The van der Waals surface area contributed by atoms with E-state index in [4.69, 9.17) is 0 Å². The van der Waals surface area contributed by atoms with Crippen LogP contribution in [0.3, 0.4) is 0 Å². The Hall–Kier alpha value is 0.280. The molecule has 0 nitrogen and oxygen atoms in total. The van der Waals surface area contributed by atoms with Crippen molar-refractivity contribution in [2.24, 2.45) is 0 Å². The molecule has 0 atom stereocenters. The van der Waals surface area contributed by atoms with Gasteiger partial charge in [0.25, 0.3) is 0 Å². The van der Waals surface area contributed by atoms with E-state index < -0.39 is 0 Å². The predicted molar refractivity (Wildman–Crippen MR) is 105 cm³/mol. The minimum Gasteiger partial charge on any atom is -0.142 e. The molecule has 3 rings (SSSR count). The lowest BCUT2D eigenvalue weighted by molar-refractivity contribution is 1.08. The quantitative estimate of drug-likeness (QED) is 0.211. The molecule has 0 saturated carbocycles. The summed E-state index contributed by atoms with van der Waals surface area (Å²) in [4.78, 5) is 4.61. The second-order valence-corrected chi connectivity index (χ2v) is 7.07. The van der Waals surface area contributed by atoms with Crippen molar-refractivity contribution in [3.8, 4) is 0 Å². The molecule has 0 aliphatic rings. The van der Waals surface area contributed by atoms with Crippen molar-refractivity contribution in [1.82, 2.24) is 0 Å². The highest BCUT2D eigenvalue weighted by atomic mass is 32.1. The maximum absolute atomic E-state index is 4.69. The van der Waals surface area contributed by atoms with Crippen LogP contribution >= 0.6 is 75.8 Å². The van der Waals surface area contributed by atoms with Gasteiger partial charge in [-0.15, -0.1) is 75.8 Å². The Balaban J connectivity index is 2.74. The van der Waals surface area contributed by atoms with E-state index in [0.29, 0.717) is 9.79 Å². The first-order chi connectivity index (χ1) is 9.45. The van der Waals surface area contributed by atoms with E-state index in [1.165, 1.54) is 0 Å². The third-order valence-electron chi connectivity index (χ3n) is 3.31. The summed E-state index contributed by atoms with van der Waals surface area (Å²) < 4.78 is 0. The van der Waals surface area contributed by atoms with E-state index in [1.807, 2.05) is 24.3 Å². The minimum absolute atomic E-state index is 0.701. The van der Waals surface area contributed by atoms with Gasteiger partial charge in [0.05, 0.1) is 0 Å². The van der Waals surface area contributed by atoms with Crippen LogP contribution in [0.25, 0.3) is 21.5 Å². The van der Waals surface area contributed by atoms with Gasteiger partial charge in [0.2, 0.25) is 0 Å². The van der Waals surface area contributed by atoms with Gasteiger partial charge in [0, 0.05) is 40.1 Å². The Morgan fingerprint density at radius 3 is 1.15 bits per heavy atom. The van der Waals surface area contributed by atoms with E-state index >= 15 is 0 Å². The topological polar surface area (TPSA) is 0 Å². The minimum atomic E-state index is 0.701. The highest BCUT2D eigenvalue weighted by molar-refractivity contribution is 7.86. The van der Waals surface area contributed by atoms with Gasteiger partial charge in [-0.3, -0.25) is 0 Å². The largest absolute Gasteiger partial charge is 0.142 e. The SMILES string of the molecule is Sc1c(S)c(S)c2c(S)c3ccccc3c(S)c2c1S. The van der Waals surface area contributed by atoms with E-state index in [0.717, 1.165) is 41.1 Å². The number of hydrogen-bond acceptors (Lipinski definition) is 6. The molecule has 0 aromatic heterocycles. The van der Waals surface area contributed by atoms with Crippen molar-refractivity contribution in [2.75, 3.05) is 0 Å². The Labute approximate surface area is 150 Å². The first kappa shape index (κ1) is 15.2. The van der Waals surface area contributed by atoms with Gasteiger partial charge in [-0.2, -0.15) is 0 Å².